The van der Waals surface area contributed by atoms with E-state index < -0.39 is 17.4 Å². The summed E-state index contributed by atoms with van der Waals surface area (Å²) in [6.45, 7) is 2.41. The average molecular weight is 459 g/mol. The molecule has 0 fully saturated rings. The monoisotopic (exact) mass is 459 g/mol. The number of hydrogen-bond acceptors (Lipinski definition) is 5. The van der Waals surface area contributed by atoms with Crippen LogP contribution < -0.4 is 14.2 Å². The number of carbonyl (C=O) groups is 1. The zero-order chi connectivity index (χ0) is 23.0. The number of furan rings is 1. The second kappa shape index (κ2) is 6.82. The molecular formula is C24H20F3NO5. The summed E-state index contributed by atoms with van der Waals surface area (Å²) in [5.41, 5.74) is 1.92. The summed E-state index contributed by atoms with van der Waals surface area (Å²) in [4.78, 5) is 15.0. The van der Waals surface area contributed by atoms with E-state index in [2.05, 4.69) is 6.08 Å². The molecule has 0 saturated carbocycles. The van der Waals surface area contributed by atoms with E-state index in [4.69, 9.17) is 18.6 Å². The molecular weight excluding hydrogens is 439 g/mol. The molecule has 1 aromatic heterocycles. The standard InChI is InChI=1S/C24H20F3NO5/c1-13-2-4-15-17(6-13)28(10-14-3-5-21(33-14)24(25,26)27)22(29)9-23(15)11-30-18-8-20-19(7-16(18)23)31-12-32-20/h2-5,7-8,13H,6,9-12H2,1H3. The van der Waals surface area contributed by atoms with Crippen molar-refractivity contribution in [3.63, 3.8) is 0 Å². The first kappa shape index (κ1) is 20.3. The first-order valence-corrected chi connectivity index (χ1v) is 10.7. The number of fused-ring (bicyclic) bond motifs is 4. The quantitative estimate of drug-likeness (QED) is 0.637. The fraction of sp³-hybridized carbons (Fsp3) is 0.375. The molecule has 1 aliphatic carbocycles. The van der Waals surface area contributed by atoms with Crippen LogP contribution in [-0.4, -0.2) is 24.2 Å². The van der Waals surface area contributed by atoms with Gasteiger partial charge in [0.15, 0.2) is 11.5 Å². The van der Waals surface area contributed by atoms with Crippen molar-refractivity contribution in [2.24, 2.45) is 5.92 Å². The zero-order valence-electron chi connectivity index (χ0n) is 17.7. The number of amides is 1. The number of halogens is 3. The molecule has 1 aromatic carbocycles. The minimum Gasteiger partial charge on any atom is -0.492 e. The van der Waals surface area contributed by atoms with E-state index in [-0.39, 0.29) is 37.3 Å². The molecule has 9 heteroatoms. The minimum atomic E-state index is -4.57. The van der Waals surface area contributed by atoms with Crippen LogP contribution in [0, 0.1) is 5.92 Å². The summed E-state index contributed by atoms with van der Waals surface area (Å²) in [6.07, 6.45) is 0.261. The van der Waals surface area contributed by atoms with Crippen LogP contribution in [0.2, 0.25) is 0 Å². The van der Waals surface area contributed by atoms with Gasteiger partial charge in [-0.25, -0.2) is 0 Å². The Hall–Kier alpha value is -3.36. The number of rotatable bonds is 2. The van der Waals surface area contributed by atoms with Crippen LogP contribution in [-0.2, 0) is 22.9 Å². The molecule has 4 aliphatic rings. The van der Waals surface area contributed by atoms with Gasteiger partial charge in [-0.2, -0.15) is 13.2 Å². The van der Waals surface area contributed by atoms with Gasteiger partial charge in [-0.3, -0.25) is 4.79 Å². The number of nitrogens with zero attached hydrogens (tertiary/aromatic N) is 1. The largest absolute Gasteiger partial charge is 0.492 e. The predicted molar refractivity (Wildman–Crippen MR) is 109 cm³/mol. The number of allylic oxidation sites excluding steroid dienone is 3. The fourth-order valence-electron chi connectivity index (χ4n) is 5.15. The SMILES string of the molecule is CC1C=CC2=C(C1)N(Cc1ccc(C(F)(F)F)o1)C(=O)CC21COc2cc3c(cc21)OCO3. The zero-order valence-corrected chi connectivity index (χ0v) is 17.7. The first-order valence-electron chi connectivity index (χ1n) is 10.7. The van der Waals surface area contributed by atoms with Gasteiger partial charge in [-0.1, -0.05) is 19.1 Å². The molecule has 33 heavy (non-hydrogen) atoms. The van der Waals surface area contributed by atoms with Gasteiger partial charge in [0, 0.05) is 23.7 Å². The first-order chi connectivity index (χ1) is 15.7. The second-order valence-corrected chi connectivity index (χ2v) is 8.89. The minimum absolute atomic E-state index is 0.0563. The second-order valence-electron chi connectivity index (χ2n) is 8.89. The van der Waals surface area contributed by atoms with Crippen molar-refractivity contribution in [1.29, 1.82) is 0 Å². The Morgan fingerprint density at radius 1 is 1.12 bits per heavy atom. The lowest BCUT2D eigenvalue weighted by atomic mass is 9.67. The van der Waals surface area contributed by atoms with Crippen LogP contribution in [0.4, 0.5) is 13.2 Å². The van der Waals surface area contributed by atoms with E-state index in [0.717, 1.165) is 22.9 Å². The summed E-state index contributed by atoms with van der Waals surface area (Å²) in [7, 11) is 0. The number of ether oxygens (including phenoxy) is 3. The van der Waals surface area contributed by atoms with Gasteiger partial charge in [-0.15, -0.1) is 0 Å². The number of benzene rings is 1. The molecule has 0 bridgehead atoms. The molecule has 1 spiro atoms. The van der Waals surface area contributed by atoms with Gasteiger partial charge in [0.25, 0.3) is 0 Å². The number of hydrogen-bond donors (Lipinski definition) is 0. The Morgan fingerprint density at radius 2 is 1.91 bits per heavy atom. The topological polar surface area (TPSA) is 61.1 Å². The van der Waals surface area contributed by atoms with Crippen molar-refractivity contribution in [3.05, 3.63) is 64.8 Å². The summed E-state index contributed by atoms with van der Waals surface area (Å²) >= 11 is 0. The number of carbonyl (C=O) groups excluding carboxylic acids is 1. The Bertz CT molecular complexity index is 1230. The third-order valence-electron chi connectivity index (χ3n) is 6.73. The van der Waals surface area contributed by atoms with Crippen molar-refractivity contribution in [2.45, 2.75) is 37.9 Å². The van der Waals surface area contributed by atoms with Crippen molar-refractivity contribution < 1.29 is 36.6 Å². The van der Waals surface area contributed by atoms with Gasteiger partial charge < -0.3 is 23.5 Å². The molecule has 2 aromatic rings. The van der Waals surface area contributed by atoms with Crippen LogP contribution in [0.5, 0.6) is 17.2 Å². The molecule has 6 rings (SSSR count). The van der Waals surface area contributed by atoms with Crippen molar-refractivity contribution in [2.75, 3.05) is 13.4 Å². The van der Waals surface area contributed by atoms with Crippen molar-refractivity contribution in [3.8, 4) is 17.2 Å². The molecule has 1 amide bonds. The normalized spacial score (nSPS) is 25.5. The number of alkyl halides is 3. The van der Waals surface area contributed by atoms with Crippen molar-refractivity contribution >= 4 is 5.91 Å². The van der Waals surface area contributed by atoms with Gasteiger partial charge in [-0.05, 0) is 36.1 Å². The van der Waals surface area contributed by atoms with E-state index in [0.29, 0.717) is 30.3 Å². The summed E-state index contributed by atoms with van der Waals surface area (Å²) in [6, 6.07) is 5.84. The maximum atomic E-state index is 13.5. The fourth-order valence-corrected chi connectivity index (χ4v) is 5.15. The maximum absolute atomic E-state index is 13.5. The molecule has 3 aliphatic heterocycles. The van der Waals surface area contributed by atoms with E-state index in [9.17, 15) is 18.0 Å². The maximum Gasteiger partial charge on any atom is 0.449 e. The highest BCUT2D eigenvalue weighted by molar-refractivity contribution is 5.84. The van der Waals surface area contributed by atoms with Crippen LogP contribution in [0.25, 0.3) is 0 Å². The summed E-state index contributed by atoms with van der Waals surface area (Å²) in [5.74, 6) is 0.880. The highest BCUT2D eigenvalue weighted by Gasteiger charge is 2.52. The van der Waals surface area contributed by atoms with Crippen LogP contribution in [0.3, 0.4) is 0 Å². The molecule has 2 atom stereocenters. The third kappa shape index (κ3) is 3.05. The Balaban J connectivity index is 1.43. The third-order valence-corrected chi connectivity index (χ3v) is 6.73. The molecule has 2 unspecified atom stereocenters. The van der Waals surface area contributed by atoms with Gasteiger partial charge >= 0.3 is 6.18 Å². The molecule has 0 saturated heterocycles. The molecule has 0 radical (unpaired) electrons. The molecule has 0 N–H and O–H groups in total. The predicted octanol–water partition coefficient (Wildman–Crippen LogP) is 4.94. The van der Waals surface area contributed by atoms with Crippen molar-refractivity contribution in [1.82, 2.24) is 4.90 Å². The van der Waals surface area contributed by atoms with Gasteiger partial charge in [0.2, 0.25) is 18.5 Å². The molecule has 6 nitrogen and oxygen atoms in total. The highest BCUT2D eigenvalue weighted by Crippen LogP contribution is 2.55. The lowest BCUT2D eigenvalue weighted by Gasteiger charge is -2.43. The Kier molecular flexibility index (Phi) is 4.19. The van der Waals surface area contributed by atoms with Gasteiger partial charge in [0.1, 0.15) is 18.1 Å². The van der Waals surface area contributed by atoms with E-state index in [1.54, 1.807) is 11.0 Å². The van der Waals surface area contributed by atoms with E-state index in [1.165, 1.54) is 6.07 Å². The Labute approximate surface area is 187 Å². The van der Waals surface area contributed by atoms with E-state index in [1.807, 2.05) is 19.1 Å². The highest BCUT2D eigenvalue weighted by atomic mass is 19.4. The molecule has 172 valence electrons. The smallest absolute Gasteiger partial charge is 0.449 e. The average Bonchev–Trinajstić information content (AvgIpc) is 3.49. The summed E-state index contributed by atoms with van der Waals surface area (Å²) in [5, 5.41) is 0. The van der Waals surface area contributed by atoms with Crippen LogP contribution >= 0.6 is 0 Å². The Morgan fingerprint density at radius 3 is 2.67 bits per heavy atom. The van der Waals surface area contributed by atoms with E-state index >= 15 is 0 Å². The lowest BCUT2D eigenvalue weighted by Crippen LogP contribution is -2.46. The van der Waals surface area contributed by atoms with Crippen LogP contribution in [0.15, 0.2) is 52.1 Å². The molecule has 4 heterocycles. The lowest BCUT2D eigenvalue weighted by molar-refractivity contribution is -0.153. The van der Waals surface area contributed by atoms with Crippen LogP contribution in [0.1, 0.15) is 36.8 Å². The van der Waals surface area contributed by atoms with Gasteiger partial charge in [0.05, 0.1) is 12.0 Å². The summed E-state index contributed by atoms with van der Waals surface area (Å²) < 4.78 is 61.0.